The molecule has 6 heteroatoms. The van der Waals surface area contributed by atoms with Crippen LogP contribution in [0, 0.1) is 6.92 Å². The summed E-state index contributed by atoms with van der Waals surface area (Å²) in [5.74, 6) is 1.58. The van der Waals surface area contributed by atoms with Crippen LogP contribution in [0.3, 0.4) is 0 Å². The van der Waals surface area contributed by atoms with E-state index in [1.165, 1.54) is 25.7 Å². The number of aryl methyl sites for hydroxylation is 1. The summed E-state index contributed by atoms with van der Waals surface area (Å²) in [5.41, 5.74) is 0.957. The summed E-state index contributed by atoms with van der Waals surface area (Å²) in [4.78, 5) is 11.4. The molecule has 0 bridgehead atoms. The molecule has 2 heterocycles. The van der Waals surface area contributed by atoms with Gasteiger partial charge in [-0.05, 0) is 45.8 Å². The summed E-state index contributed by atoms with van der Waals surface area (Å²) < 4.78 is 0. The fraction of sp³-hybridized carbons (Fsp3) is 0.667. The molecule has 1 aromatic rings. The first-order chi connectivity index (χ1) is 10.0. The smallest absolute Gasteiger partial charge is 0.231 e. The van der Waals surface area contributed by atoms with Gasteiger partial charge in [0.25, 0.3) is 0 Å². The number of rotatable bonds is 3. The molecule has 1 aliphatic heterocycles. The number of hydrogen-bond donors (Lipinski definition) is 2. The minimum atomic E-state index is 0.292. The summed E-state index contributed by atoms with van der Waals surface area (Å²) in [6.07, 6.45) is 5.10. The van der Waals surface area contributed by atoms with E-state index in [9.17, 15) is 0 Å². The lowest BCUT2D eigenvalue weighted by atomic mass is 10.2. The standard InChI is InChI=1S/C15H25N5S/c1-11(2)16-15(21)19-14-17-12(3)10-13(18-14)20-8-6-4-5-7-9-20/h10-11H,4-9H2,1-3H3,(H2,16,17,18,19,21). The van der Waals surface area contributed by atoms with E-state index < -0.39 is 0 Å². The highest BCUT2D eigenvalue weighted by molar-refractivity contribution is 7.80. The van der Waals surface area contributed by atoms with Gasteiger partial charge in [0.1, 0.15) is 5.82 Å². The molecule has 0 spiro atoms. The van der Waals surface area contributed by atoms with Crippen molar-refractivity contribution in [3.8, 4) is 0 Å². The number of nitrogens with one attached hydrogen (secondary N) is 2. The Bertz CT molecular complexity index is 481. The Morgan fingerprint density at radius 1 is 1.19 bits per heavy atom. The number of aromatic nitrogens is 2. The predicted octanol–water partition coefficient (Wildman–Crippen LogP) is 2.86. The first kappa shape index (κ1) is 15.9. The zero-order valence-electron chi connectivity index (χ0n) is 13.1. The predicted molar refractivity (Wildman–Crippen MR) is 91.9 cm³/mol. The third-order valence-electron chi connectivity index (χ3n) is 3.42. The molecule has 21 heavy (non-hydrogen) atoms. The van der Waals surface area contributed by atoms with Gasteiger partial charge in [-0.15, -0.1) is 0 Å². The van der Waals surface area contributed by atoms with Crippen LogP contribution in [0.2, 0.25) is 0 Å². The van der Waals surface area contributed by atoms with Crippen molar-refractivity contribution in [2.75, 3.05) is 23.3 Å². The van der Waals surface area contributed by atoms with Crippen molar-refractivity contribution in [1.82, 2.24) is 15.3 Å². The lowest BCUT2D eigenvalue weighted by molar-refractivity contribution is 0.726. The fourth-order valence-corrected chi connectivity index (χ4v) is 2.80. The van der Waals surface area contributed by atoms with Gasteiger partial charge in [-0.2, -0.15) is 4.98 Å². The van der Waals surface area contributed by atoms with Crippen LogP contribution >= 0.6 is 12.2 Å². The molecule has 0 amide bonds. The minimum absolute atomic E-state index is 0.292. The zero-order chi connectivity index (χ0) is 15.2. The molecule has 2 N–H and O–H groups in total. The molecule has 0 aliphatic carbocycles. The van der Waals surface area contributed by atoms with Crippen molar-refractivity contribution >= 4 is 29.1 Å². The van der Waals surface area contributed by atoms with Crippen LogP contribution in [-0.2, 0) is 0 Å². The second-order valence-electron chi connectivity index (χ2n) is 5.85. The fourth-order valence-electron chi connectivity index (χ4n) is 2.47. The zero-order valence-corrected chi connectivity index (χ0v) is 14.0. The molecule has 0 atom stereocenters. The van der Waals surface area contributed by atoms with Gasteiger partial charge in [-0.25, -0.2) is 4.98 Å². The maximum absolute atomic E-state index is 5.26. The van der Waals surface area contributed by atoms with Gasteiger partial charge in [0, 0.05) is 30.9 Å². The quantitative estimate of drug-likeness (QED) is 0.838. The van der Waals surface area contributed by atoms with Gasteiger partial charge in [0.2, 0.25) is 5.95 Å². The van der Waals surface area contributed by atoms with Crippen molar-refractivity contribution in [2.45, 2.75) is 52.5 Å². The Labute approximate surface area is 132 Å². The Kier molecular flexibility index (Phi) is 5.73. The van der Waals surface area contributed by atoms with E-state index in [1.807, 2.05) is 20.8 Å². The van der Waals surface area contributed by atoms with Crippen molar-refractivity contribution in [3.63, 3.8) is 0 Å². The third kappa shape index (κ3) is 5.12. The third-order valence-corrected chi connectivity index (χ3v) is 3.64. The number of thiocarbonyl (C=S) groups is 1. The van der Waals surface area contributed by atoms with Crippen molar-refractivity contribution in [1.29, 1.82) is 0 Å². The van der Waals surface area contributed by atoms with Gasteiger partial charge in [-0.1, -0.05) is 12.8 Å². The Morgan fingerprint density at radius 2 is 1.86 bits per heavy atom. The van der Waals surface area contributed by atoms with Gasteiger partial charge in [-0.3, -0.25) is 0 Å². The van der Waals surface area contributed by atoms with Crippen LogP contribution in [0.4, 0.5) is 11.8 Å². The minimum Gasteiger partial charge on any atom is -0.360 e. The highest BCUT2D eigenvalue weighted by atomic mass is 32.1. The summed E-state index contributed by atoms with van der Waals surface area (Å²) in [5, 5.41) is 6.79. The second-order valence-corrected chi connectivity index (χ2v) is 6.25. The molecule has 116 valence electrons. The largest absolute Gasteiger partial charge is 0.360 e. The molecule has 0 radical (unpaired) electrons. The SMILES string of the molecule is Cc1cc(N2CCCCCC2)nc(NC(=S)NC(C)C)n1. The molecular weight excluding hydrogens is 282 g/mol. The molecule has 2 rings (SSSR count). The molecular formula is C15H25N5S. The van der Waals surface area contributed by atoms with Crippen LogP contribution < -0.4 is 15.5 Å². The van der Waals surface area contributed by atoms with E-state index in [4.69, 9.17) is 12.2 Å². The maximum Gasteiger partial charge on any atom is 0.231 e. The molecule has 1 saturated heterocycles. The number of hydrogen-bond acceptors (Lipinski definition) is 4. The first-order valence-corrected chi connectivity index (χ1v) is 8.13. The van der Waals surface area contributed by atoms with Gasteiger partial charge in [0.15, 0.2) is 5.11 Å². The Hall–Kier alpha value is -1.43. The first-order valence-electron chi connectivity index (χ1n) is 7.73. The molecule has 0 unspecified atom stereocenters. The monoisotopic (exact) mass is 307 g/mol. The molecule has 5 nitrogen and oxygen atoms in total. The summed E-state index contributed by atoms with van der Waals surface area (Å²) in [6.45, 7) is 8.24. The lowest BCUT2D eigenvalue weighted by Crippen LogP contribution is -2.34. The van der Waals surface area contributed by atoms with Crippen molar-refractivity contribution in [2.24, 2.45) is 0 Å². The van der Waals surface area contributed by atoms with E-state index in [0.29, 0.717) is 17.1 Å². The van der Waals surface area contributed by atoms with E-state index in [1.54, 1.807) is 0 Å². The summed E-state index contributed by atoms with van der Waals surface area (Å²) in [6, 6.07) is 2.34. The van der Waals surface area contributed by atoms with Gasteiger partial charge >= 0.3 is 0 Å². The average Bonchev–Trinajstić information content (AvgIpc) is 2.65. The highest BCUT2D eigenvalue weighted by Crippen LogP contribution is 2.19. The van der Waals surface area contributed by atoms with Crippen LogP contribution in [-0.4, -0.2) is 34.2 Å². The van der Waals surface area contributed by atoms with E-state index in [0.717, 1.165) is 24.6 Å². The van der Waals surface area contributed by atoms with Crippen molar-refractivity contribution in [3.05, 3.63) is 11.8 Å². The van der Waals surface area contributed by atoms with Crippen LogP contribution in [0.25, 0.3) is 0 Å². The molecule has 0 aromatic carbocycles. The average molecular weight is 307 g/mol. The molecule has 1 fully saturated rings. The lowest BCUT2D eigenvalue weighted by Gasteiger charge is -2.22. The Morgan fingerprint density at radius 3 is 2.48 bits per heavy atom. The highest BCUT2D eigenvalue weighted by Gasteiger charge is 2.13. The van der Waals surface area contributed by atoms with Gasteiger partial charge < -0.3 is 15.5 Å². The molecule has 1 aromatic heterocycles. The van der Waals surface area contributed by atoms with Gasteiger partial charge in [0.05, 0.1) is 0 Å². The maximum atomic E-state index is 5.26. The number of nitrogens with zero attached hydrogens (tertiary/aromatic N) is 3. The molecule has 0 saturated carbocycles. The van der Waals surface area contributed by atoms with E-state index >= 15 is 0 Å². The van der Waals surface area contributed by atoms with Crippen LogP contribution in [0.1, 0.15) is 45.2 Å². The normalized spacial score (nSPS) is 15.7. The van der Waals surface area contributed by atoms with Crippen molar-refractivity contribution < 1.29 is 0 Å². The summed E-state index contributed by atoms with van der Waals surface area (Å²) >= 11 is 5.26. The second kappa shape index (κ2) is 7.54. The van der Waals surface area contributed by atoms with E-state index in [-0.39, 0.29) is 0 Å². The van der Waals surface area contributed by atoms with Crippen LogP contribution in [0.5, 0.6) is 0 Å². The number of anilines is 2. The topological polar surface area (TPSA) is 53.1 Å². The Balaban J connectivity index is 2.10. The summed E-state index contributed by atoms with van der Waals surface area (Å²) in [7, 11) is 0. The molecule has 1 aliphatic rings. The van der Waals surface area contributed by atoms with Crippen LogP contribution in [0.15, 0.2) is 6.07 Å². The van der Waals surface area contributed by atoms with E-state index in [2.05, 4.69) is 31.6 Å².